The largest absolute Gasteiger partial charge is 0.461 e. The third-order valence-corrected chi connectivity index (χ3v) is 11.4. The van der Waals surface area contributed by atoms with Crippen LogP contribution >= 0.6 is 0 Å². The molecule has 4 saturated carbocycles. The van der Waals surface area contributed by atoms with Gasteiger partial charge in [-0.25, -0.2) is 0 Å². The van der Waals surface area contributed by atoms with E-state index >= 15 is 0 Å². The summed E-state index contributed by atoms with van der Waals surface area (Å²) in [6.45, 7) is 10.9. The molecule has 1 unspecified atom stereocenters. The molecule has 174 valence electrons. The lowest BCUT2D eigenvalue weighted by Gasteiger charge is -2.70. The highest BCUT2D eigenvalue weighted by Gasteiger charge is 2.75. The van der Waals surface area contributed by atoms with Crippen LogP contribution in [0.25, 0.3) is 0 Å². The normalized spacial score (nSPS) is 54.9. The van der Waals surface area contributed by atoms with Gasteiger partial charge in [-0.05, 0) is 74.0 Å². The van der Waals surface area contributed by atoms with Gasteiger partial charge in [-0.3, -0.25) is 9.59 Å². The molecule has 0 aromatic heterocycles. The van der Waals surface area contributed by atoms with Crippen LogP contribution in [-0.4, -0.2) is 40.8 Å². The van der Waals surface area contributed by atoms with Gasteiger partial charge in [0.25, 0.3) is 0 Å². The molecule has 0 radical (unpaired) electrons. The van der Waals surface area contributed by atoms with E-state index < -0.39 is 23.4 Å². The van der Waals surface area contributed by atoms with Crippen molar-refractivity contribution in [3.8, 4) is 0 Å². The fourth-order valence-electron chi connectivity index (χ4n) is 10.2. The van der Waals surface area contributed by atoms with Crippen LogP contribution in [0, 0.1) is 51.2 Å². The van der Waals surface area contributed by atoms with Gasteiger partial charge in [0.1, 0.15) is 11.9 Å². The number of carbonyl (C=O) groups is 2. The van der Waals surface area contributed by atoms with Crippen molar-refractivity contribution in [1.82, 2.24) is 0 Å². The molecule has 1 aliphatic heterocycles. The van der Waals surface area contributed by atoms with Crippen LogP contribution < -0.4 is 0 Å². The second-order valence-corrected chi connectivity index (χ2v) is 12.9. The second-order valence-electron chi connectivity index (χ2n) is 12.9. The van der Waals surface area contributed by atoms with E-state index in [-0.39, 0.29) is 52.5 Å². The Bertz CT molecular complexity index is 806. The molecule has 1 heterocycles. The average molecular weight is 433 g/mol. The summed E-state index contributed by atoms with van der Waals surface area (Å²) in [6, 6.07) is 0. The minimum Gasteiger partial charge on any atom is -0.461 e. The van der Waals surface area contributed by atoms with E-state index in [0.29, 0.717) is 12.3 Å². The molecule has 5 rings (SSSR count). The van der Waals surface area contributed by atoms with Crippen LogP contribution in [0.5, 0.6) is 0 Å². The zero-order valence-electron chi connectivity index (χ0n) is 19.8. The number of rotatable bonds is 2. The van der Waals surface area contributed by atoms with Crippen LogP contribution in [0.4, 0.5) is 0 Å². The number of carbonyl (C=O) groups excluding carboxylic acids is 2. The van der Waals surface area contributed by atoms with E-state index in [4.69, 9.17) is 4.74 Å². The van der Waals surface area contributed by atoms with Crippen LogP contribution in [-0.2, 0) is 14.3 Å². The lowest BCUT2D eigenvalue weighted by molar-refractivity contribution is -0.247. The maximum atomic E-state index is 13.1. The van der Waals surface area contributed by atoms with Gasteiger partial charge in [0, 0.05) is 17.4 Å². The fraction of sp³-hybridized carbons (Fsp3) is 0.923. The zero-order valence-corrected chi connectivity index (χ0v) is 19.8. The number of hydrogen-bond acceptors (Lipinski definition) is 5. The van der Waals surface area contributed by atoms with E-state index in [2.05, 4.69) is 27.7 Å². The summed E-state index contributed by atoms with van der Waals surface area (Å²) in [5.41, 5.74) is -0.453. The summed E-state index contributed by atoms with van der Waals surface area (Å²) in [7, 11) is 0. The molecule has 0 aromatic carbocycles. The van der Waals surface area contributed by atoms with Crippen molar-refractivity contribution in [2.75, 3.05) is 6.61 Å². The van der Waals surface area contributed by atoms with Gasteiger partial charge < -0.3 is 14.9 Å². The first kappa shape index (κ1) is 21.9. The van der Waals surface area contributed by atoms with E-state index in [0.717, 1.165) is 32.1 Å². The van der Waals surface area contributed by atoms with Crippen molar-refractivity contribution < 1.29 is 24.5 Å². The molecule has 0 amide bonds. The lowest BCUT2D eigenvalue weighted by Crippen LogP contribution is -2.68. The quantitative estimate of drug-likeness (QED) is 0.650. The van der Waals surface area contributed by atoms with Gasteiger partial charge in [-0.15, -0.1) is 0 Å². The molecule has 0 bridgehead atoms. The number of aliphatic hydroxyl groups excluding tert-OH is 2. The molecule has 5 fully saturated rings. The smallest absolute Gasteiger partial charge is 0.310 e. The summed E-state index contributed by atoms with van der Waals surface area (Å²) in [6.07, 6.45) is 5.80. The predicted molar refractivity (Wildman–Crippen MR) is 116 cm³/mol. The SMILES string of the molecule is CC(=O)C1[C@@H](O)C[C@H]2[C@]3(C)CC[C@H]4C(C)(C)CCC[C@]4(CO)[C@H]3C[C@H]3OC(=O)[C@@H]1[C@@]32C. The van der Waals surface area contributed by atoms with E-state index in [1.54, 1.807) is 0 Å². The predicted octanol–water partition coefficient (Wildman–Crippen LogP) is 3.75. The van der Waals surface area contributed by atoms with Crippen molar-refractivity contribution in [2.45, 2.75) is 91.8 Å². The van der Waals surface area contributed by atoms with Crippen LogP contribution in [0.1, 0.15) is 79.6 Å². The van der Waals surface area contributed by atoms with Crippen molar-refractivity contribution >= 4 is 11.8 Å². The third kappa shape index (κ3) is 2.51. The molecule has 5 aliphatic rings. The first-order chi connectivity index (χ1) is 14.4. The molecule has 5 heteroatoms. The summed E-state index contributed by atoms with van der Waals surface area (Å²) >= 11 is 0. The topological polar surface area (TPSA) is 83.8 Å². The van der Waals surface area contributed by atoms with Gasteiger partial charge in [-0.2, -0.15) is 0 Å². The second kappa shape index (κ2) is 6.56. The minimum absolute atomic E-state index is 0.0765. The van der Waals surface area contributed by atoms with Crippen LogP contribution in [0.2, 0.25) is 0 Å². The number of fused-ring (bicyclic) bond motifs is 4. The summed E-state index contributed by atoms with van der Waals surface area (Å²) in [5.74, 6) is -0.765. The monoisotopic (exact) mass is 432 g/mol. The first-order valence-corrected chi connectivity index (χ1v) is 12.4. The van der Waals surface area contributed by atoms with Gasteiger partial charge in [0.2, 0.25) is 0 Å². The highest BCUT2D eigenvalue weighted by atomic mass is 16.6. The fourth-order valence-corrected chi connectivity index (χ4v) is 10.2. The molecule has 31 heavy (non-hydrogen) atoms. The Morgan fingerprint density at radius 2 is 1.77 bits per heavy atom. The van der Waals surface area contributed by atoms with Crippen molar-refractivity contribution in [1.29, 1.82) is 0 Å². The molecule has 0 aromatic rings. The number of aliphatic hydroxyl groups is 2. The standard InChI is InChI=1S/C26H40O5/c1-14(28)20-15(29)11-17-24(4)10-7-16-23(2,3)8-6-9-26(16,13-27)18(24)12-19-25(17,5)21(20)22(30)31-19/h15-21,27,29H,6-13H2,1-5H3/t15-,16-,17-,18-,19+,20?,21+,24-,25+,26+/m0/s1. The minimum atomic E-state index is -0.798. The molecule has 5 nitrogen and oxygen atoms in total. The van der Waals surface area contributed by atoms with Crippen molar-refractivity contribution in [3.05, 3.63) is 0 Å². The van der Waals surface area contributed by atoms with Crippen LogP contribution in [0.15, 0.2) is 0 Å². The Hall–Kier alpha value is -0.940. The Labute approximate surface area is 186 Å². The average Bonchev–Trinajstić information content (AvgIpc) is 2.93. The molecule has 10 atom stereocenters. The Balaban J connectivity index is 1.63. The van der Waals surface area contributed by atoms with Gasteiger partial charge >= 0.3 is 5.97 Å². The van der Waals surface area contributed by atoms with E-state index in [1.807, 2.05) is 0 Å². The molecule has 0 spiro atoms. The molecular weight excluding hydrogens is 392 g/mol. The number of hydrogen-bond donors (Lipinski definition) is 2. The Morgan fingerprint density at radius 3 is 2.42 bits per heavy atom. The van der Waals surface area contributed by atoms with E-state index in [1.165, 1.54) is 13.3 Å². The highest BCUT2D eigenvalue weighted by molar-refractivity contribution is 5.88. The third-order valence-electron chi connectivity index (χ3n) is 11.4. The first-order valence-electron chi connectivity index (χ1n) is 12.4. The van der Waals surface area contributed by atoms with Gasteiger partial charge in [0.15, 0.2) is 0 Å². The highest BCUT2D eigenvalue weighted by Crippen LogP contribution is 2.75. The number of ketones is 1. The number of esters is 1. The van der Waals surface area contributed by atoms with Gasteiger partial charge in [0.05, 0.1) is 17.9 Å². The Morgan fingerprint density at radius 1 is 1.06 bits per heavy atom. The molecule has 2 N–H and O–H groups in total. The number of ether oxygens (including phenoxy) is 1. The molecule has 4 aliphatic carbocycles. The summed E-state index contributed by atoms with van der Waals surface area (Å²) < 4.78 is 6.04. The summed E-state index contributed by atoms with van der Waals surface area (Å²) in [5, 5.41) is 22.0. The number of Topliss-reactive ketones (excluding diaryl/α,β-unsaturated/α-hetero) is 1. The summed E-state index contributed by atoms with van der Waals surface area (Å²) in [4.78, 5) is 25.6. The van der Waals surface area contributed by atoms with Crippen LogP contribution in [0.3, 0.4) is 0 Å². The maximum absolute atomic E-state index is 13.1. The van der Waals surface area contributed by atoms with Crippen molar-refractivity contribution in [2.24, 2.45) is 51.2 Å². The lowest BCUT2D eigenvalue weighted by atomic mass is 9.34. The molecular formula is C26H40O5. The van der Waals surface area contributed by atoms with E-state index in [9.17, 15) is 19.8 Å². The maximum Gasteiger partial charge on any atom is 0.310 e. The molecule has 1 saturated heterocycles. The van der Waals surface area contributed by atoms with Crippen molar-refractivity contribution in [3.63, 3.8) is 0 Å². The Kier molecular flexibility index (Phi) is 4.63. The van der Waals surface area contributed by atoms with Gasteiger partial charge in [-0.1, -0.05) is 34.1 Å². The zero-order chi connectivity index (χ0) is 22.6.